The van der Waals surface area contributed by atoms with Gasteiger partial charge in [0.05, 0.1) is 5.02 Å². The van der Waals surface area contributed by atoms with Crippen molar-refractivity contribution >= 4 is 46.7 Å². The topological polar surface area (TPSA) is 79.2 Å². The lowest BCUT2D eigenvalue weighted by atomic mass is 10.2. The van der Waals surface area contributed by atoms with E-state index in [2.05, 4.69) is 22.9 Å². The minimum absolute atomic E-state index is 0.0188. The van der Waals surface area contributed by atoms with E-state index in [0.29, 0.717) is 16.9 Å². The molecule has 0 spiro atoms. The molecule has 30 heavy (non-hydrogen) atoms. The SMILES string of the molecule is CCCCNCSc1cc(NC(=O)/C=C/c2ccc(F)c(Cl)c2)ccc1N.CNC. The number of thioether (sulfide) groups is 1. The van der Waals surface area contributed by atoms with Crippen molar-refractivity contribution in [3.63, 3.8) is 0 Å². The molecule has 8 heteroatoms. The lowest BCUT2D eigenvalue weighted by Gasteiger charge is -2.09. The van der Waals surface area contributed by atoms with Crippen molar-refractivity contribution in [3.8, 4) is 0 Å². The fourth-order valence-electron chi connectivity index (χ4n) is 2.21. The van der Waals surface area contributed by atoms with Crippen LogP contribution in [0.4, 0.5) is 15.8 Å². The number of carbonyl (C=O) groups excluding carboxylic acids is 1. The molecule has 0 heterocycles. The Balaban J connectivity index is 0.00000141. The molecular weight excluding hydrogens is 423 g/mol. The fraction of sp³-hybridized carbons (Fsp3) is 0.318. The van der Waals surface area contributed by atoms with Crippen molar-refractivity contribution < 1.29 is 9.18 Å². The van der Waals surface area contributed by atoms with Crippen LogP contribution in [0, 0.1) is 5.82 Å². The van der Waals surface area contributed by atoms with Gasteiger partial charge in [0.1, 0.15) is 5.82 Å². The highest BCUT2D eigenvalue weighted by Crippen LogP contribution is 2.27. The minimum atomic E-state index is -0.491. The summed E-state index contributed by atoms with van der Waals surface area (Å²) < 4.78 is 13.2. The number of rotatable bonds is 9. The van der Waals surface area contributed by atoms with E-state index < -0.39 is 5.82 Å². The number of hydrogen-bond acceptors (Lipinski definition) is 5. The van der Waals surface area contributed by atoms with E-state index in [-0.39, 0.29) is 10.9 Å². The second kappa shape index (κ2) is 14.8. The van der Waals surface area contributed by atoms with Crippen molar-refractivity contribution in [2.24, 2.45) is 0 Å². The minimum Gasteiger partial charge on any atom is -0.398 e. The Bertz CT molecular complexity index is 833. The largest absolute Gasteiger partial charge is 0.398 e. The van der Waals surface area contributed by atoms with E-state index in [1.807, 2.05) is 20.2 Å². The van der Waals surface area contributed by atoms with Crippen molar-refractivity contribution in [2.45, 2.75) is 24.7 Å². The van der Waals surface area contributed by atoms with Crippen molar-refractivity contribution in [1.82, 2.24) is 10.6 Å². The highest BCUT2D eigenvalue weighted by molar-refractivity contribution is 7.99. The molecule has 0 radical (unpaired) electrons. The smallest absolute Gasteiger partial charge is 0.248 e. The lowest BCUT2D eigenvalue weighted by Crippen LogP contribution is -2.14. The van der Waals surface area contributed by atoms with Gasteiger partial charge in [0.2, 0.25) is 5.91 Å². The van der Waals surface area contributed by atoms with Crippen LogP contribution in [0.5, 0.6) is 0 Å². The van der Waals surface area contributed by atoms with Gasteiger partial charge >= 0.3 is 0 Å². The van der Waals surface area contributed by atoms with E-state index in [1.54, 1.807) is 36.0 Å². The van der Waals surface area contributed by atoms with Gasteiger partial charge in [-0.15, -0.1) is 11.8 Å². The summed E-state index contributed by atoms with van der Waals surface area (Å²) in [6.07, 6.45) is 5.24. The molecule has 2 rings (SSSR count). The molecule has 5 N–H and O–H groups in total. The van der Waals surface area contributed by atoms with Crippen LogP contribution in [0.15, 0.2) is 47.4 Å². The van der Waals surface area contributed by atoms with Crippen LogP contribution >= 0.6 is 23.4 Å². The average Bonchev–Trinajstić information content (AvgIpc) is 2.71. The number of anilines is 2. The molecule has 2 aromatic carbocycles. The fourth-order valence-corrected chi connectivity index (χ4v) is 3.25. The summed E-state index contributed by atoms with van der Waals surface area (Å²) in [5.74, 6) is -0.0288. The third kappa shape index (κ3) is 10.1. The molecule has 0 atom stereocenters. The number of hydrogen-bond donors (Lipinski definition) is 4. The molecule has 0 aliphatic heterocycles. The molecule has 0 saturated carbocycles. The number of amides is 1. The number of halogens is 2. The molecule has 164 valence electrons. The van der Waals surface area contributed by atoms with Gasteiger partial charge < -0.3 is 21.7 Å². The third-order valence-corrected chi connectivity index (χ3v) is 4.99. The number of carbonyl (C=O) groups is 1. The number of nitrogens with two attached hydrogens (primary N) is 1. The molecule has 0 fully saturated rings. The first-order valence-electron chi connectivity index (χ1n) is 9.66. The van der Waals surface area contributed by atoms with Crippen LogP contribution in [0.3, 0.4) is 0 Å². The Kier molecular flexibility index (Phi) is 12.9. The summed E-state index contributed by atoms with van der Waals surface area (Å²) in [5, 5.41) is 8.90. The lowest BCUT2D eigenvalue weighted by molar-refractivity contribution is -0.111. The first kappa shape index (κ1) is 26.0. The van der Waals surface area contributed by atoms with Crippen LogP contribution in [0.2, 0.25) is 5.02 Å². The van der Waals surface area contributed by atoms with Gasteiger partial charge in [-0.2, -0.15) is 0 Å². The first-order chi connectivity index (χ1) is 14.4. The first-order valence-corrected chi connectivity index (χ1v) is 11.0. The Morgan fingerprint density at radius 3 is 2.63 bits per heavy atom. The Labute approximate surface area is 187 Å². The average molecular weight is 453 g/mol. The zero-order valence-electron chi connectivity index (χ0n) is 17.6. The molecule has 0 unspecified atom stereocenters. The van der Waals surface area contributed by atoms with E-state index in [0.717, 1.165) is 30.2 Å². The van der Waals surface area contributed by atoms with Gasteiger partial charge in [-0.25, -0.2) is 4.39 Å². The third-order valence-electron chi connectivity index (χ3n) is 3.69. The molecule has 0 aliphatic carbocycles. The summed E-state index contributed by atoms with van der Waals surface area (Å²) in [5.41, 5.74) is 7.98. The molecule has 2 aromatic rings. The summed E-state index contributed by atoms with van der Waals surface area (Å²) in [7, 11) is 3.75. The summed E-state index contributed by atoms with van der Waals surface area (Å²) in [6.45, 7) is 3.12. The quantitative estimate of drug-likeness (QED) is 0.142. The van der Waals surface area contributed by atoms with E-state index in [4.69, 9.17) is 17.3 Å². The number of unbranched alkanes of at least 4 members (excludes halogenated alkanes) is 1. The van der Waals surface area contributed by atoms with Crippen molar-refractivity contribution in [2.75, 3.05) is 37.6 Å². The monoisotopic (exact) mass is 452 g/mol. The highest BCUT2D eigenvalue weighted by atomic mass is 35.5. The van der Waals surface area contributed by atoms with Gasteiger partial charge in [-0.1, -0.05) is 31.0 Å². The van der Waals surface area contributed by atoms with Crippen LogP contribution in [-0.2, 0) is 4.79 Å². The zero-order chi connectivity index (χ0) is 22.4. The Morgan fingerprint density at radius 2 is 1.97 bits per heavy atom. The number of benzene rings is 2. The normalized spacial score (nSPS) is 10.6. The van der Waals surface area contributed by atoms with Gasteiger partial charge in [0.15, 0.2) is 0 Å². The Morgan fingerprint density at radius 1 is 1.23 bits per heavy atom. The van der Waals surface area contributed by atoms with Crippen molar-refractivity contribution in [3.05, 3.63) is 58.9 Å². The molecule has 1 amide bonds. The molecule has 0 aromatic heterocycles. The van der Waals surface area contributed by atoms with E-state index >= 15 is 0 Å². The molecule has 0 aliphatic rings. The highest BCUT2D eigenvalue weighted by Gasteiger charge is 2.05. The predicted octanol–water partition coefficient (Wildman–Crippen LogP) is 4.99. The van der Waals surface area contributed by atoms with Crippen LogP contribution in [0.25, 0.3) is 6.08 Å². The van der Waals surface area contributed by atoms with Gasteiger partial charge in [-0.3, -0.25) is 4.79 Å². The summed E-state index contributed by atoms with van der Waals surface area (Å²) in [6, 6.07) is 9.65. The van der Waals surface area contributed by atoms with Crippen LogP contribution < -0.4 is 21.7 Å². The second-order valence-corrected chi connectivity index (χ2v) is 7.82. The van der Waals surface area contributed by atoms with E-state index in [1.165, 1.54) is 18.2 Å². The molecular formula is C22H30ClFN4OS. The van der Waals surface area contributed by atoms with Gasteiger partial charge in [0.25, 0.3) is 0 Å². The number of nitrogen functional groups attached to an aromatic ring is 1. The maximum atomic E-state index is 13.2. The van der Waals surface area contributed by atoms with E-state index in [9.17, 15) is 9.18 Å². The zero-order valence-corrected chi connectivity index (χ0v) is 19.2. The predicted molar refractivity (Wildman–Crippen MR) is 129 cm³/mol. The number of nitrogens with one attached hydrogen (secondary N) is 3. The van der Waals surface area contributed by atoms with Crippen LogP contribution in [0.1, 0.15) is 25.3 Å². The Hall–Kier alpha value is -2.06. The van der Waals surface area contributed by atoms with Gasteiger partial charge in [-0.05, 0) is 69.0 Å². The maximum Gasteiger partial charge on any atom is 0.248 e. The maximum absolute atomic E-state index is 13.2. The molecule has 0 bridgehead atoms. The van der Waals surface area contributed by atoms with Crippen LogP contribution in [-0.4, -0.2) is 32.4 Å². The molecule has 0 saturated heterocycles. The van der Waals surface area contributed by atoms with Gasteiger partial charge in [0, 0.05) is 28.2 Å². The summed E-state index contributed by atoms with van der Waals surface area (Å²) >= 11 is 7.33. The van der Waals surface area contributed by atoms with Crippen molar-refractivity contribution in [1.29, 1.82) is 0 Å². The molecule has 5 nitrogen and oxygen atoms in total. The second-order valence-electron chi connectivity index (χ2n) is 6.39. The summed E-state index contributed by atoms with van der Waals surface area (Å²) in [4.78, 5) is 13.0. The standard InChI is InChI=1S/C20H23ClFN3OS.C2H7N/c1-2-3-10-24-13-27-19-12-15(6-8-18(19)23)25-20(26)9-5-14-4-7-17(22)16(21)11-14;1-3-2/h4-9,11-12,24H,2-3,10,13,23H2,1H3,(H,25,26);3H,1-2H3/b9-5+;.